The van der Waals surface area contributed by atoms with Gasteiger partial charge in [0.1, 0.15) is 5.92 Å². The van der Waals surface area contributed by atoms with E-state index in [1.165, 1.54) is 36.9 Å². The van der Waals surface area contributed by atoms with Crippen molar-refractivity contribution in [2.24, 2.45) is 0 Å². The minimum Gasteiger partial charge on any atom is -0.349 e. The van der Waals surface area contributed by atoms with Gasteiger partial charge in [0.25, 0.3) is 18.2 Å². The number of alkyl halides is 5. The third-order valence-corrected chi connectivity index (χ3v) is 5.89. The summed E-state index contributed by atoms with van der Waals surface area (Å²) >= 11 is 7.69. The second-order valence-electron chi connectivity index (χ2n) is 7.37. The zero-order valence-electron chi connectivity index (χ0n) is 17.9. The number of thioether (sulfide) groups is 1. The van der Waals surface area contributed by atoms with Crippen molar-refractivity contribution >= 4 is 40.9 Å². The Kier molecular flexibility index (Phi) is 9.13. The maximum Gasteiger partial charge on any atom is 0.401 e. The van der Waals surface area contributed by atoms with Crippen molar-refractivity contribution in [2.45, 2.75) is 38.4 Å². The maximum atomic E-state index is 13.0. The van der Waals surface area contributed by atoms with Gasteiger partial charge in [0.2, 0.25) is 0 Å². The topological polar surface area (TPSA) is 58.2 Å². The molecule has 0 fully saturated rings. The van der Waals surface area contributed by atoms with Crippen LogP contribution in [0.1, 0.15) is 44.7 Å². The second-order valence-corrected chi connectivity index (χ2v) is 8.69. The molecule has 2 atom stereocenters. The highest BCUT2D eigenvalue weighted by atomic mass is 35.5. The summed E-state index contributed by atoms with van der Waals surface area (Å²) < 4.78 is 65.0. The van der Waals surface area contributed by atoms with E-state index in [0.717, 1.165) is 18.2 Å². The van der Waals surface area contributed by atoms with Crippen LogP contribution in [-0.2, 0) is 0 Å². The molecule has 0 heterocycles. The molecule has 0 radical (unpaired) electrons. The first-order valence-corrected chi connectivity index (χ1v) is 11.5. The minimum absolute atomic E-state index is 0.0411. The number of rotatable bonds is 8. The lowest BCUT2D eigenvalue weighted by Crippen LogP contribution is -2.35. The molecule has 33 heavy (non-hydrogen) atoms. The van der Waals surface area contributed by atoms with Crippen LogP contribution in [-0.4, -0.2) is 42.5 Å². The molecule has 0 aliphatic heterocycles. The number of carbonyl (C=O) groups excluding carboxylic acids is 2. The molecule has 0 aliphatic carbocycles. The van der Waals surface area contributed by atoms with Gasteiger partial charge in [-0.05, 0) is 49.4 Å². The van der Waals surface area contributed by atoms with Gasteiger partial charge in [-0.25, -0.2) is 8.78 Å². The lowest BCUT2D eigenvalue weighted by Gasteiger charge is -2.21. The van der Waals surface area contributed by atoms with Crippen LogP contribution in [0, 0.1) is 6.92 Å². The van der Waals surface area contributed by atoms with Crippen LogP contribution < -0.4 is 10.6 Å². The fourth-order valence-electron chi connectivity index (χ4n) is 3.22. The van der Waals surface area contributed by atoms with E-state index in [0.29, 0.717) is 5.75 Å². The summed E-state index contributed by atoms with van der Waals surface area (Å²) in [6.07, 6.45) is -6.88. The molecule has 0 saturated heterocycles. The van der Waals surface area contributed by atoms with Gasteiger partial charge in [0, 0.05) is 17.5 Å². The first-order valence-electron chi connectivity index (χ1n) is 9.71. The Balaban J connectivity index is 2.32. The van der Waals surface area contributed by atoms with E-state index in [-0.39, 0.29) is 33.4 Å². The van der Waals surface area contributed by atoms with E-state index in [1.807, 2.05) is 6.26 Å². The average molecular weight is 509 g/mol. The van der Waals surface area contributed by atoms with Crippen molar-refractivity contribution in [1.29, 1.82) is 0 Å². The standard InChI is InChI=1S/C22H22ClF5N2O2S/c1-11-9-13(18(19(24)25)22(26,27)28)7-8-16(11)30-20(31)14-5-4-6-15(23)17(14)21(32)29-12(2)10-33-3/h4-9,12,18-19H,10H2,1-3H3,(H,29,32)(H,30,31)/t12-,18?/m0/s1. The van der Waals surface area contributed by atoms with Crippen LogP contribution in [0.2, 0.25) is 5.02 Å². The van der Waals surface area contributed by atoms with Crippen molar-refractivity contribution in [2.75, 3.05) is 17.3 Å². The van der Waals surface area contributed by atoms with Gasteiger partial charge in [-0.2, -0.15) is 24.9 Å². The molecular weight excluding hydrogens is 487 g/mol. The molecule has 11 heteroatoms. The van der Waals surface area contributed by atoms with E-state index < -0.39 is 35.9 Å². The van der Waals surface area contributed by atoms with E-state index in [1.54, 1.807) is 6.92 Å². The van der Waals surface area contributed by atoms with Gasteiger partial charge in [-0.1, -0.05) is 29.8 Å². The molecule has 2 rings (SSSR count). The molecule has 0 saturated carbocycles. The predicted molar refractivity (Wildman–Crippen MR) is 121 cm³/mol. The quantitative estimate of drug-likeness (QED) is 0.412. The molecule has 0 aliphatic rings. The Bertz CT molecular complexity index is 1020. The van der Waals surface area contributed by atoms with Crippen LogP contribution in [0.25, 0.3) is 0 Å². The molecule has 2 N–H and O–H groups in total. The van der Waals surface area contributed by atoms with Crippen molar-refractivity contribution in [1.82, 2.24) is 5.32 Å². The third kappa shape index (κ3) is 6.83. The average Bonchev–Trinajstić information content (AvgIpc) is 2.68. The Labute approximate surface area is 197 Å². The Morgan fingerprint density at radius 1 is 1.12 bits per heavy atom. The van der Waals surface area contributed by atoms with Crippen LogP contribution >= 0.6 is 23.4 Å². The number of hydrogen-bond donors (Lipinski definition) is 2. The van der Waals surface area contributed by atoms with E-state index >= 15 is 0 Å². The summed E-state index contributed by atoms with van der Waals surface area (Å²) in [4.78, 5) is 25.6. The first-order chi connectivity index (χ1) is 15.4. The largest absolute Gasteiger partial charge is 0.401 e. The zero-order valence-corrected chi connectivity index (χ0v) is 19.5. The summed E-state index contributed by atoms with van der Waals surface area (Å²) in [5.74, 6) is -3.57. The minimum atomic E-state index is -5.12. The molecule has 1 unspecified atom stereocenters. The molecule has 2 amide bonds. The molecule has 0 spiro atoms. The van der Waals surface area contributed by atoms with Gasteiger partial charge in [0.05, 0.1) is 16.1 Å². The summed E-state index contributed by atoms with van der Waals surface area (Å²) in [6, 6.07) is 7.09. The normalized spacial score (nSPS) is 13.5. The number of nitrogens with one attached hydrogen (secondary N) is 2. The van der Waals surface area contributed by atoms with Gasteiger partial charge in [-0.15, -0.1) is 0 Å². The number of halogens is 6. The van der Waals surface area contributed by atoms with Crippen LogP contribution in [0.4, 0.5) is 27.6 Å². The highest BCUT2D eigenvalue weighted by Gasteiger charge is 2.47. The zero-order chi connectivity index (χ0) is 24.9. The van der Waals surface area contributed by atoms with Crippen molar-refractivity contribution in [3.05, 3.63) is 63.7 Å². The van der Waals surface area contributed by atoms with Crippen molar-refractivity contribution < 1.29 is 31.5 Å². The van der Waals surface area contributed by atoms with Crippen LogP contribution in [0.15, 0.2) is 36.4 Å². The molecular formula is C22H22ClF5N2O2S. The smallest absolute Gasteiger partial charge is 0.349 e. The van der Waals surface area contributed by atoms with Gasteiger partial charge < -0.3 is 10.6 Å². The van der Waals surface area contributed by atoms with Gasteiger partial charge in [-0.3, -0.25) is 9.59 Å². The number of hydrogen-bond acceptors (Lipinski definition) is 3. The highest BCUT2D eigenvalue weighted by molar-refractivity contribution is 7.98. The monoisotopic (exact) mass is 508 g/mol. The predicted octanol–water partition coefficient (Wildman–Crippen LogP) is 6.29. The van der Waals surface area contributed by atoms with Crippen LogP contribution in [0.3, 0.4) is 0 Å². The summed E-state index contributed by atoms with van der Waals surface area (Å²) in [7, 11) is 0. The van der Waals surface area contributed by atoms with E-state index in [4.69, 9.17) is 11.6 Å². The molecule has 2 aromatic rings. The molecule has 0 bridgehead atoms. The maximum absolute atomic E-state index is 13.0. The summed E-state index contributed by atoms with van der Waals surface area (Å²) in [6.45, 7) is 3.18. The molecule has 0 aromatic heterocycles. The number of aryl methyl sites for hydroxylation is 1. The van der Waals surface area contributed by atoms with Crippen molar-refractivity contribution in [3.63, 3.8) is 0 Å². The summed E-state index contributed by atoms with van der Waals surface area (Å²) in [5.41, 5.74) is -0.439. The Hall–Kier alpha value is -2.33. The molecule has 180 valence electrons. The second kappa shape index (κ2) is 11.2. The Morgan fingerprint density at radius 2 is 1.79 bits per heavy atom. The number of carbonyl (C=O) groups is 2. The van der Waals surface area contributed by atoms with Crippen molar-refractivity contribution in [3.8, 4) is 0 Å². The lowest BCUT2D eigenvalue weighted by molar-refractivity contribution is -0.178. The van der Waals surface area contributed by atoms with Crippen LogP contribution in [0.5, 0.6) is 0 Å². The fraction of sp³-hybridized carbons (Fsp3) is 0.364. The number of benzene rings is 2. The highest BCUT2D eigenvalue weighted by Crippen LogP contribution is 2.40. The van der Waals surface area contributed by atoms with Gasteiger partial charge >= 0.3 is 6.18 Å². The number of amides is 2. The summed E-state index contributed by atoms with van der Waals surface area (Å²) in [5, 5.41) is 5.31. The number of anilines is 1. The Morgan fingerprint density at radius 3 is 2.33 bits per heavy atom. The fourth-order valence-corrected chi connectivity index (χ4v) is 4.06. The van der Waals surface area contributed by atoms with E-state index in [2.05, 4.69) is 10.6 Å². The van der Waals surface area contributed by atoms with Gasteiger partial charge in [0.15, 0.2) is 0 Å². The first kappa shape index (κ1) is 26.9. The molecule has 4 nitrogen and oxygen atoms in total. The lowest BCUT2D eigenvalue weighted by atomic mass is 9.96. The van der Waals surface area contributed by atoms with E-state index in [9.17, 15) is 31.5 Å². The molecule has 2 aromatic carbocycles. The SMILES string of the molecule is CSC[C@H](C)NC(=O)c1c(Cl)cccc1C(=O)Nc1ccc(C(C(F)F)C(F)(F)F)cc1C. The third-order valence-electron chi connectivity index (χ3n) is 4.74.